The number of nitrogens with one attached hydrogen (secondary N) is 1. The zero-order valence-corrected chi connectivity index (χ0v) is 12.8. The minimum Gasteiger partial charge on any atom is -0.545 e. The van der Waals surface area contributed by atoms with E-state index in [4.69, 9.17) is 4.74 Å². The third-order valence-electron chi connectivity index (χ3n) is 3.15. The molecule has 0 atom stereocenters. The summed E-state index contributed by atoms with van der Waals surface area (Å²) in [6.07, 6.45) is 1.43. The average Bonchev–Trinajstić information content (AvgIpc) is 2.60. The molecular weight excluding hydrogens is 308 g/mol. The van der Waals surface area contributed by atoms with E-state index in [1.807, 2.05) is 6.07 Å². The lowest BCUT2D eigenvalue weighted by atomic mass is 10.1. The summed E-state index contributed by atoms with van der Waals surface area (Å²) in [4.78, 5) is 23.0. The molecule has 2 aromatic carbocycles. The van der Waals surface area contributed by atoms with Crippen LogP contribution in [0.4, 0.5) is 5.69 Å². The van der Waals surface area contributed by atoms with Crippen molar-refractivity contribution in [2.75, 3.05) is 12.4 Å². The van der Waals surface area contributed by atoms with Crippen molar-refractivity contribution >= 4 is 23.6 Å². The van der Waals surface area contributed by atoms with Gasteiger partial charge in [0.05, 0.1) is 13.1 Å². The monoisotopic (exact) mass is 321 g/mol. The SMILES string of the molecule is COc1ccc(/C=C(\C#N)C(=O)Nc2cccc(C(=O)[O-])c2)cc1. The van der Waals surface area contributed by atoms with Crippen molar-refractivity contribution in [2.45, 2.75) is 0 Å². The van der Waals surface area contributed by atoms with Gasteiger partial charge in [-0.15, -0.1) is 0 Å². The number of hydrogen-bond donors (Lipinski definition) is 1. The van der Waals surface area contributed by atoms with Gasteiger partial charge in [0.15, 0.2) is 0 Å². The molecule has 0 spiro atoms. The first kappa shape index (κ1) is 16.8. The standard InChI is InChI=1S/C18H14N2O4/c1-24-16-7-5-12(6-8-16)9-14(11-19)17(21)20-15-4-2-3-13(10-15)18(22)23/h2-10H,1H3,(H,20,21)(H,22,23)/p-1/b14-9+. The van der Waals surface area contributed by atoms with Gasteiger partial charge < -0.3 is 20.0 Å². The summed E-state index contributed by atoms with van der Waals surface area (Å²) in [6, 6.07) is 14.3. The predicted octanol–water partition coefficient (Wildman–Crippen LogP) is 1.60. The molecule has 2 aromatic rings. The second-order valence-electron chi connectivity index (χ2n) is 4.77. The number of anilines is 1. The number of aromatic carboxylic acids is 1. The van der Waals surface area contributed by atoms with Crippen LogP contribution in [0.2, 0.25) is 0 Å². The Morgan fingerprint density at radius 1 is 1.21 bits per heavy atom. The molecule has 0 unspecified atom stereocenters. The van der Waals surface area contributed by atoms with Gasteiger partial charge in [-0.3, -0.25) is 4.79 Å². The van der Waals surface area contributed by atoms with Gasteiger partial charge in [-0.1, -0.05) is 24.3 Å². The number of nitrogens with zero attached hydrogens (tertiary/aromatic N) is 1. The largest absolute Gasteiger partial charge is 0.545 e. The van der Waals surface area contributed by atoms with Gasteiger partial charge in [0.1, 0.15) is 17.4 Å². The Bertz CT molecular complexity index is 833. The maximum absolute atomic E-state index is 12.2. The molecule has 0 heterocycles. The van der Waals surface area contributed by atoms with Crippen LogP contribution in [0.5, 0.6) is 5.75 Å². The fraction of sp³-hybridized carbons (Fsp3) is 0.0556. The fourth-order valence-electron chi connectivity index (χ4n) is 1.94. The number of carbonyl (C=O) groups excluding carboxylic acids is 2. The van der Waals surface area contributed by atoms with Crippen molar-refractivity contribution in [3.8, 4) is 11.8 Å². The number of methoxy groups -OCH3 is 1. The number of rotatable bonds is 5. The molecule has 0 fully saturated rings. The summed E-state index contributed by atoms with van der Waals surface area (Å²) in [6.45, 7) is 0. The molecule has 24 heavy (non-hydrogen) atoms. The summed E-state index contributed by atoms with van der Waals surface area (Å²) in [7, 11) is 1.54. The highest BCUT2D eigenvalue weighted by molar-refractivity contribution is 6.09. The number of nitriles is 1. The number of hydrogen-bond acceptors (Lipinski definition) is 5. The van der Waals surface area contributed by atoms with E-state index in [2.05, 4.69) is 5.32 Å². The van der Waals surface area contributed by atoms with Crippen molar-refractivity contribution in [3.05, 3.63) is 65.2 Å². The van der Waals surface area contributed by atoms with E-state index >= 15 is 0 Å². The molecule has 2 rings (SSSR count). The molecule has 1 amide bonds. The highest BCUT2D eigenvalue weighted by atomic mass is 16.5. The van der Waals surface area contributed by atoms with E-state index < -0.39 is 11.9 Å². The fourth-order valence-corrected chi connectivity index (χ4v) is 1.94. The number of carboxylic acid groups (broad SMARTS) is 1. The lowest BCUT2D eigenvalue weighted by Gasteiger charge is -2.07. The van der Waals surface area contributed by atoms with Crippen LogP contribution in [0.15, 0.2) is 54.1 Å². The third-order valence-corrected chi connectivity index (χ3v) is 3.15. The maximum Gasteiger partial charge on any atom is 0.266 e. The summed E-state index contributed by atoms with van der Waals surface area (Å²) in [5, 5.41) is 22.5. The summed E-state index contributed by atoms with van der Waals surface area (Å²) < 4.78 is 5.04. The number of amides is 1. The first-order chi connectivity index (χ1) is 11.5. The summed E-state index contributed by atoms with van der Waals surface area (Å²) in [5.41, 5.74) is 0.744. The quantitative estimate of drug-likeness (QED) is 0.665. The maximum atomic E-state index is 12.2. The molecule has 0 saturated carbocycles. The van der Waals surface area contributed by atoms with Crippen molar-refractivity contribution < 1.29 is 19.4 Å². The van der Waals surface area contributed by atoms with Crippen LogP contribution in [0.25, 0.3) is 6.08 Å². The molecule has 6 heteroatoms. The van der Waals surface area contributed by atoms with E-state index in [9.17, 15) is 20.0 Å². The van der Waals surface area contributed by atoms with Crippen LogP contribution in [-0.4, -0.2) is 19.0 Å². The van der Waals surface area contributed by atoms with E-state index in [1.165, 1.54) is 30.3 Å². The second kappa shape index (κ2) is 7.61. The van der Waals surface area contributed by atoms with E-state index in [0.717, 1.165) is 0 Å². The van der Waals surface area contributed by atoms with Crippen LogP contribution in [0.1, 0.15) is 15.9 Å². The van der Waals surface area contributed by atoms with Gasteiger partial charge in [0.2, 0.25) is 0 Å². The molecule has 0 radical (unpaired) electrons. The van der Waals surface area contributed by atoms with E-state index in [0.29, 0.717) is 11.3 Å². The minimum absolute atomic E-state index is 0.0644. The van der Waals surface area contributed by atoms with E-state index in [-0.39, 0.29) is 16.8 Å². The van der Waals surface area contributed by atoms with Crippen LogP contribution in [0.3, 0.4) is 0 Å². The molecular formula is C18H13N2O4-. The first-order valence-electron chi connectivity index (χ1n) is 6.92. The topological polar surface area (TPSA) is 102 Å². The van der Waals surface area contributed by atoms with Crippen molar-refractivity contribution in [1.29, 1.82) is 5.26 Å². The lowest BCUT2D eigenvalue weighted by molar-refractivity contribution is -0.255. The van der Waals surface area contributed by atoms with Gasteiger partial charge in [0.25, 0.3) is 5.91 Å². The first-order valence-corrected chi connectivity index (χ1v) is 6.92. The van der Waals surface area contributed by atoms with Crippen LogP contribution < -0.4 is 15.2 Å². The van der Waals surface area contributed by atoms with E-state index in [1.54, 1.807) is 31.4 Å². The molecule has 1 N–H and O–H groups in total. The van der Waals surface area contributed by atoms with Crippen molar-refractivity contribution in [2.24, 2.45) is 0 Å². The average molecular weight is 321 g/mol. The Kier molecular flexibility index (Phi) is 5.32. The van der Waals surface area contributed by atoms with Gasteiger partial charge in [0, 0.05) is 5.69 Å². The summed E-state index contributed by atoms with van der Waals surface area (Å²) >= 11 is 0. The number of carboxylic acids is 1. The second-order valence-corrected chi connectivity index (χ2v) is 4.77. The number of benzene rings is 2. The van der Waals surface area contributed by atoms with Crippen LogP contribution >= 0.6 is 0 Å². The van der Waals surface area contributed by atoms with Gasteiger partial charge in [-0.2, -0.15) is 5.26 Å². The number of ether oxygens (including phenoxy) is 1. The zero-order chi connectivity index (χ0) is 17.5. The Hall–Kier alpha value is -3.59. The third kappa shape index (κ3) is 4.21. The highest BCUT2D eigenvalue weighted by Gasteiger charge is 2.10. The molecule has 0 aromatic heterocycles. The predicted molar refractivity (Wildman–Crippen MR) is 86.0 cm³/mol. The molecule has 6 nitrogen and oxygen atoms in total. The van der Waals surface area contributed by atoms with Gasteiger partial charge in [-0.25, -0.2) is 0 Å². The van der Waals surface area contributed by atoms with Crippen LogP contribution in [0, 0.1) is 11.3 Å². The Balaban J connectivity index is 2.19. The molecule has 0 aliphatic carbocycles. The molecule has 0 aliphatic rings. The molecule has 0 aliphatic heterocycles. The Labute approximate surface area is 138 Å². The Morgan fingerprint density at radius 2 is 1.92 bits per heavy atom. The zero-order valence-electron chi connectivity index (χ0n) is 12.8. The lowest BCUT2D eigenvalue weighted by Crippen LogP contribution is -2.22. The van der Waals surface area contributed by atoms with Crippen molar-refractivity contribution in [1.82, 2.24) is 0 Å². The molecule has 120 valence electrons. The smallest absolute Gasteiger partial charge is 0.266 e. The molecule has 0 bridgehead atoms. The van der Waals surface area contributed by atoms with Crippen molar-refractivity contribution in [3.63, 3.8) is 0 Å². The minimum atomic E-state index is -1.35. The summed E-state index contributed by atoms with van der Waals surface area (Å²) in [5.74, 6) is -1.32. The molecule has 0 saturated heterocycles. The highest BCUT2D eigenvalue weighted by Crippen LogP contribution is 2.15. The number of carbonyl (C=O) groups is 2. The van der Waals surface area contributed by atoms with Gasteiger partial charge in [-0.05, 0) is 41.5 Å². The normalized spacial score (nSPS) is 10.6. The van der Waals surface area contributed by atoms with Gasteiger partial charge >= 0.3 is 0 Å². The Morgan fingerprint density at radius 3 is 2.50 bits per heavy atom. The van der Waals surface area contributed by atoms with Crippen LogP contribution in [-0.2, 0) is 4.79 Å².